The van der Waals surface area contributed by atoms with E-state index in [9.17, 15) is 4.39 Å². The van der Waals surface area contributed by atoms with Crippen LogP contribution in [0.3, 0.4) is 0 Å². The van der Waals surface area contributed by atoms with Gasteiger partial charge in [-0.25, -0.2) is 9.82 Å². The zero-order valence-electron chi connectivity index (χ0n) is 9.61. The summed E-state index contributed by atoms with van der Waals surface area (Å²) in [5.41, 5.74) is 3.84. The van der Waals surface area contributed by atoms with Gasteiger partial charge in [-0.2, -0.15) is 0 Å². The molecule has 2 rings (SSSR count). The minimum Gasteiger partial charge on any atom is -0.494 e. The lowest BCUT2D eigenvalue weighted by Crippen LogP contribution is -2.28. The molecule has 18 heavy (non-hydrogen) atoms. The van der Waals surface area contributed by atoms with E-state index in [1.807, 2.05) is 0 Å². The van der Waals surface area contributed by atoms with Gasteiger partial charge in [-0.15, -0.1) is 0 Å². The van der Waals surface area contributed by atoms with Crippen LogP contribution in [0, 0.1) is 5.82 Å². The van der Waals surface area contributed by atoms with Crippen molar-refractivity contribution in [2.24, 2.45) is 5.84 Å². The third kappa shape index (κ3) is 2.33. The quantitative estimate of drug-likeness (QED) is 0.662. The predicted molar refractivity (Wildman–Crippen MR) is 65.8 cm³/mol. The van der Waals surface area contributed by atoms with Crippen molar-refractivity contribution in [2.45, 2.75) is 6.04 Å². The number of hydrazine groups is 1. The SMILES string of the molecule is COc1ccc(C(NN)c2ccoc2Cl)cc1F. The molecule has 0 bridgehead atoms. The van der Waals surface area contributed by atoms with Crippen molar-refractivity contribution in [1.29, 1.82) is 0 Å². The van der Waals surface area contributed by atoms with E-state index in [0.29, 0.717) is 11.1 Å². The number of nitrogens with one attached hydrogen (secondary N) is 1. The van der Waals surface area contributed by atoms with E-state index in [-0.39, 0.29) is 11.0 Å². The van der Waals surface area contributed by atoms with E-state index < -0.39 is 11.9 Å². The van der Waals surface area contributed by atoms with Gasteiger partial charge in [0.15, 0.2) is 16.8 Å². The van der Waals surface area contributed by atoms with E-state index in [1.165, 1.54) is 25.5 Å². The van der Waals surface area contributed by atoms with Crippen LogP contribution in [0.5, 0.6) is 5.75 Å². The van der Waals surface area contributed by atoms with Gasteiger partial charge in [0.05, 0.1) is 19.4 Å². The first-order valence-corrected chi connectivity index (χ1v) is 5.57. The monoisotopic (exact) mass is 270 g/mol. The van der Waals surface area contributed by atoms with E-state index >= 15 is 0 Å². The van der Waals surface area contributed by atoms with Crippen LogP contribution >= 0.6 is 11.6 Å². The lowest BCUT2D eigenvalue weighted by atomic mass is 10.0. The van der Waals surface area contributed by atoms with Crippen molar-refractivity contribution in [2.75, 3.05) is 7.11 Å². The van der Waals surface area contributed by atoms with Crippen LogP contribution in [0.2, 0.25) is 5.22 Å². The Morgan fingerprint density at radius 2 is 2.22 bits per heavy atom. The number of hydrogen-bond donors (Lipinski definition) is 2. The number of benzene rings is 1. The summed E-state index contributed by atoms with van der Waals surface area (Å²) >= 11 is 5.88. The highest BCUT2D eigenvalue weighted by Crippen LogP contribution is 2.30. The molecule has 0 aliphatic heterocycles. The highest BCUT2D eigenvalue weighted by molar-refractivity contribution is 6.29. The van der Waals surface area contributed by atoms with Crippen LogP contribution in [0.25, 0.3) is 0 Å². The van der Waals surface area contributed by atoms with Gasteiger partial charge in [0, 0.05) is 5.56 Å². The smallest absolute Gasteiger partial charge is 0.198 e. The maximum atomic E-state index is 13.6. The molecule has 6 heteroatoms. The summed E-state index contributed by atoms with van der Waals surface area (Å²) < 4.78 is 23.5. The van der Waals surface area contributed by atoms with Crippen molar-refractivity contribution >= 4 is 11.6 Å². The van der Waals surface area contributed by atoms with Gasteiger partial charge in [-0.3, -0.25) is 5.84 Å². The zero-order chi connectivity index (χ0) is 13.1. The first kappa shape index (κ1) is 12.9. The summed E-state index contributed by atoms with van der Waals surface area (Å²) in [5, 5.41) is 0.217. The van der Waals surface area contributed by atoms with Crippen LogP contribution in [-0.4, -0.2) is 7.11 Å². The van der Waals surface area contributed by atoms with Crippen molar-refractivity contribution in [3.8, 4) is 5.75 Å². The van der Waals surface area contributed by atoms with Crippen LogP contribution in [-0.2, 0) is 0 Å². The fourth-order valence-corrected chi connectivity index (χ4v) is 1.96. The van der Waals surface area contributed by atoms with E-state index in [2.05, 4.69) is 5.43 Å². The fraction of sp³-hybridized carbons (Fsp3) is 0.167. The average Bonchev–Trinajstić information content (AvgIpc) is 2.77. The molecule has 96 valence electrons. The third-order valence-electron chi connectivity index (χ3n) is 2.63. The molecule has 4 nitrogen and oxygen atoms in total. The molecule has 0 spiro atoms. The first-order valence-electron chi connectivity index (χ1n) is 5.19. The second-order valence-corrected chi connectivity index (χ2v) is 3.99. The Morgan fingerprint density at radius 1 is 1.44 bits per heavy atom. The normalized spacial score (nSPS) is 12.4. The van der Waals surface area contributed by atoms with Gasteiger partial charge < -0.3 is 9.15 Å². The van der Waals surface area contributed by atoms with Crippen molar-refractivity contribution in [3.63, 3.8) is 0 Å². The molecular formula is C12H12ClFN2O2. The Kier molecular flexibility index (Phi) is 3.86. The van der Waals surface area contributed by atoms with Crippen LogP contribution in [0.4, 0.5) is 4.39 Å². The molecule has 0 aliphatic rings. The summed E-state index contributed by atoms with van der Waals surface area (Å²) in [5.74, 6) is 5.19. The number of rotatable bonds is 4. The summed E-state index contributed by atoms with van der Waals surface area (Å²) in [6.45, 7) is 0. The fourth-order valence-electron chi connectivity index (χ4n) is 1.74. The molecule has 0 amide bonds. The number of nitrogens with two attached hydrogens (primary N) is 1. The predicted octanol–water partition coefficient (Wildman–Crippen LogP) is 2.63. The topological polar surface area (TPSA) is 60.4 Å². The minimum atomic E-state index is -0.463. The second-order valence-electron chi connectivity index (χ2n) is 3.64. The number of hydrogen-bond acceptors (Lipinski definition) is 4. The lowest BCUT2D eigenvalue weighted by Gasteiger charge is -2.16. The first-order chi connectivity index (χ1) is 8.67. The van der Waals surface area contributed by atoms with E-state index in [0.717, 1.165) is 0 Å². The molecule has 1 aromatic heterocycles. The van der Waals surface area contributed by atoms with Crippen molar-refractivity contribution < 1.29 is 13.5 Å². The Hall–Kier alpha value is -1.56. The Labute approximate surface area is 108 Å². The minimum absolute atomic E-state index is 0.174. The molecule has 2 aromatic rings. The maximum absolute atomic E-state index is 13.6. The number of methoxy groups -OCH3 is 1. The maximum Gasteiger partial charge on any atom is 0.198 e. The molecular weight excluding hydrogens is 259 g/mol. The summed E-state index contributed by atoms with van der Waals surface area (Å²) in [4.78, 5) is 0. The van der Waals surface area contributed by atoms with Gasteiger partial charge in [0.2, 0.25) is 0 Å². The van der Waals surface area contributed by atoms with Crippen LogP contribution in [0.15, 0.2) is 34.9 Å². The highest BCUT2D eigenvalue weighted by Gasteiger charge is 2.19. The Morgan fingerprint density at radius 3 is 2.72 bits per heavy atom. The van der Waals surface area contributed by atoms with Crippen molar-refractivity contribution in [1.82, 2.24) is 5.43 Å². The molecule has 1 aromatic carbocycles. The summed E-state index contributed by atoms with van der Waals surface area (Å²) in [7, 11) is 1.41. The van der Waals surface area contributed by atoms with Crippen molar-refractivity contribution in [3.05, 3.63) is 52.7 Å². The molecule has 3 N–H and O–H groups in total. The molecule has 1 atom stereocenters. The van der Waals surface area contributed by atoms with Gasteiger partial charge in [0.25, 0.3) is 0 Å². The van der Waals surface area contributed by atoms with E-state index in [4.69, 9.17) is 26.6 Å². The largest absolute Gasteiger partial charge is 0.494 e. The highest BCUT2D eigenvalue weighted by atomic mass is 35.5. The Balaban J connectivity index is 2.40. The van der Waals surface area contributed by atoms with Gasteiger partial charge in [0.1, 0.15) is 0 Å². The molecule has 1 heterocycles. The van der Waals surface area contributed by atoms with Crippen LogP contribution < -0.4 is 16.0 Å². The summed E-state index contributed by atoms with van der Waals surface area (Å²) in [6, 6.07) is 5.80. The zero-order valence-corrected chi connectivity index (χ0v) is 10.4. The molecule has 0 radical (unpaired) electrons. The number of halogens is 2. The second kappa shape index (κ2) is 5.39. The molecule has 0 fully saturated rings. The average molecular weight is 271 g/mol. The van der Waals surface area contributed by atoms with Gasteiger partial charge in [-0.05, 0) is 35.4 Å². The molecule has 0 saturated carbocycles. The summed E-state index contributed by atoms with van der Waals surface area (Å²) in [6.07, 6.45) is 1.45. The molecule has 0 saturated heterocycles. The Bertz CT molecular complexity index is 545. The van der Waals surface area contributed by atoms with Gasteiger partial charge >= 0.3 is 0 Å². The standard InChI is InChI=1S/C12H12ClFN2O2/c1-17-10-3-2-7(6-9(10)14)11(16-15)8-4-5-18-12(8)13/h2-6,11,16H,15H2,1H3. The van der Waals surface area contributed by atoms with Crippen LogP contribution in [0.1, 0.15) is 17.2 Å². The van der Waals surface area contributed by atoms with Gasteiger partial charge in [-0.1, -0.05) is 6.07 Å². The molecule has 0 aliphatic carbocycles. The number of ether oxygens (including phenoxy) is 1. The van der Waals surface area contributed by atoms with E-state index in [1.54, 1.807) is 12.1 Å². The number of furan rings is 1. The lowest BCUT2D eigenvalue weighted by molar-refractivity contribution is 0.385. The molecule has 1 unspecified atom stereocenters. The third-order valence-corrected chi connectivity index (χ3v) is 2.94.